The molecule has 7 rings (SSSR count). The van der Waals surface area contributed by atoms with Gasteiger partial charge < -0.3 is 29.1 Å². The van der Waals surface area contributed by atoms with Gasteiger partial charge >= 0.3 is 0 Å². The molecule has 3 aromatic heterocycles. The lowest BCUT2D eigenvalue weighted by Crippen LogP contribution is -2.45. The summed E-state index contributed by atoms with van der Waals surface area (Å²) in [6.07, 6.45) is 6.31. The number of hydrogen-bond acceptors (Lipinski definition) is 5. The number of nitrogens with two attached hydrogens (primary N) is 1. The molecule has 4 heterocycles. The van der Waals surface area contributed by atoms with Gasteiger partial charge in [0, 0.05) is 50.0 Å². The van der Waals surface area contributed by atoms with Gasteiger partial charge in [-0.05, 0) is 55.0 Å². The summed E-state index contributed by atoms with van der Waals surface area (Å²) in [6.45, 7) is 0.841. The number of nitrogens with zero attached hydrogens (tertiary/aromatic N) is 6. The number of benzene rings is 2. The molecule has 1 aliphatic carbocycles. The third-order valence-electron chi connectivity index (χ3n) is 8.35. The number of imidazole rings is 2. The maximum Gasteiger partial charge on any atom is 0.256 e. The smallest absolute Gasteiger partial charge is 0.256 e. The monoisotopic (exact) mass is 573 g/mol. The van der Waals surface area contributed by atoms with Gasteiger partial charge in [0.15, 0.2) is 5.82 Å². The normalized spacial score (nSPS) is 16.8. The average Bonchev–Trinajstić information content (AvgIpc) is 3.36. The Balaban J connectivity index is 1.28. The second kappa shape index (κ2) is 10.5. The number of ether oxygens (including phenoxy) is 1. The van der Waals surface area contributed by atoms with Crippen LogP contribution in [0.1, 0.15) is 28.8 Å². The molecule has 1 aliphatic heterocycles. The first-order valence-corrected chi connectivity index (χ1v) is 14.4. The van der Waals surface area contributed by atoms with Crippen LogP contribution in [0, 0.1) is 5.92 Å². The van der Waals surface area contributed by atoms with Crippen LogP contribution >= 0.6 is 0 Å². The van der Waals surface area contributed by atoms with E-state index in [1.807, 2.05) is 37.4 Å². The van der Waals surface area contributed by atoms with E-state index in [2.05, 4.69) is 20.2 Å². The first kappa shape index (κ1) is 26.6. The number of aromatic nitrogens is 5. The molecule has 1 amide bonds. The van der Waals surface area contributed by atoms with E-state index in [0.29, 0.717) is 35.7 Å². The van der Waals surface area contributed by atoms with Crippen LogP contribution in [0.4, 0.5) is 8.78 Å². The molecule has 1 saturated carbocycles. The number of para-hydroxylation sites is 1. The van der Waals surface area contributed by atoms with Gasteiger partial charge in [0.2, 0.25) is 0 Å². The van der Waals surface area contributed by atoms with Crippen molar-refractivity contribution in [2.24, 2.45) is 18.7 Å². The predicted molar refractivity (Wildman–Crippen MR) is 156 cm³/mol. The van der Waals surface area contributed by atoms with Crippen molar-refractivity contribution in [3.63, 3.8) is 0 Å². The lowest BCUT2D eigenvalue weighted by Gasteiger charge is -2.30. The number of carbonyl (C=O) groups is 1. The van der Waals surface area contributed by atoms with Crippen molar-refractivity contribution >= 4 is 27.8 Å². The van der Waals surface area contributed by atoms with Crippen LogP contribution in [0.25, 0.3) is 33.5 Å². The van der Waals surface area contributed by atoms with Gasteiger partial charge in [0.25, 0.3) is 12.3 Å². The van der Waals surface area contributed by atoms with Crippen molar-refractivity contribution in [3.8, 4) is 17.3 Å². The lowest BCUT2D eigenvalue weighted by molar-refractivity contribution is 0.0523. The Bertz CT molecular complexity index is 1770. The van der Waals surface area contributed by atoms with Crippen molar-refractivity contribution in [2.45, 2.75) is 44.8 Å². The second-order valence-corrected chi connectivity index (χ2v) is 11.5. The van der Waals surface area contributed by atoms with Crippen molar-refractivity contribution in [1.29, 1.82) is 0 Å². The molecule has 11 heteroatoms. The molecular weight excluding hydrogens is 540 g/mol. The lowest BCUT2D eigenvalue weighted by atomic mass is 9.97. The van der Waals surface area contributed by atoms with E-state index < -0.39 is 19.1 Å². The molecule has 2 N–H and O–H groups in total. The van der Waals surface area contributed by atoms with E-state index in [0.717, 1.165) is 52.9 Å². The molecule has 218 valence electrons. The third kappa shape index (κ3) is 4.81. The molecule has 0 radical (unpaired) electrons. The zero-order chi connectivity index (χ0) is 29.0. The number of rotatable bonds is 10. The zero-order valence-corrected chi connectivity index (χ0v) is 23.4. The van der Waals surface area contributed by atoms with E-state index in [1.165, 1.54) is 0 Å². The topological polar surface area (TPSA) is 96.1 Å². The molecule has 2 aromatic carbocycles. The summed E-state index contributed by atoms with van der Waals surface area (Å²) < 4.78 is 39.9. The molecule has 5 aromatic rings. The van der Waals surface area contributed by atoms with Crippen LogP contribution in [0.2, 0.25) is 0 Å². The molecular formula is C31H33F2N7O2. The summed E-state index contributed by atoms with van der Waals surface area (Å²) in [5, 5.41) is 0.944. The van der Waals surface area contributed by atoms with Gasteiger partial charge in [-0.1, -0.05) is 12.1 Å². The Hall–Kier alpha value is -4.25. The van der Waals surface area contributed by atoms with Gasteiger partial charge in [-0.2, -0.15) is 4.39 Å². The zero-order valence-electron chi connectivity index (χ0n) is 23.4. The highest BCUT2D eigenvalue weighted by Gasteiger charge is 2.29. The number of alkyl halides is 2. The van der Waals surface area contributed by atoms with Crippen molar-refractivity contribution in [1.82, 2.24) is 28.6 Å². The summed E-state index contributed by atoms with van der Waals surface area (Å²) in [6, 6.07) is 11.0. The Morgan fingerprint density at radius 3 is 2.81 bits per heavy atom. The highest BCUT2D eigenvalue weighted by atomic mass is 19.1. The van der Waals surface area contributed by atoms with Crippen LogP contribution in [0.3, 0.4) is 0 Å². The average molecular weight is 574 g/mol. The first-order valence-electron chi connectivity index (χ1n) is 14.4. The highest BCUT2D eigenvalue weighted by Crippen LogP contribution is 2.40. The Morgan fingerprint density at radius 1 is 1.19 bits per heavy atom. The molecule has 2 aliphatic rings. The Kier molecular flexibility index (Phi) is 6.69. The Morgan fingerprint density at radius 2 is 2.05 bits per heavy atom. The number of halogens is 2. The van der Waals surface area contributed by atoms with Crippen molar-refractivity contribution in [2.75, 3.05) is 19.8 Å². The van der Waals surface area contributed by atoms with E-state index >= 15 is 4.39 Å². The van der Waals surface area contributed by atoms with Crippen molar-refractivity contribution < 1.29 is 18.3 Å². The minimum absolute atomic E-state index is 0.0395. The molecule has 42 heavy (non-hydrogen) atoms. The fourth-order valence-electron chi connectivity index (χ4n) is 6.00. The number of carbonyl (C=O) groups excluding carboxylic acids is 1. The van der Waals surface area contributed by atoms with Gasteiger partial charge in [-0.25, -0.2) is 14.4 Å². The van der Waals surface area contributed by atoms with Gasteiger partial charge in [-0.15, -0.1) is 0 Å². The van der Waals surface area contributed by atoms with Gasteiger partial charge in [-0.3, -0.25) is 4.79 Å². The summed E-state index contributed by atoms with van der Waals surface area (Å²) in [5.74, 6) is 1.64. The van der Waals surface area contributed by atoms with E-state index in [4.69, 9.17) is 15.5 Å². The van der Waals surface area contributed by atoms with Crippen molar-refractivity contribution in [3.05, 3.63) is 66.2 Å². The number of aryl methyl sites for hydroxylation is 1. The third-order valence-corrected chi connectivity index (χ3v) is 8.35. The maximum atomic E-state index is 15.1. The van der Waals surface area contributed by atoms with Crippen LogP contribution in [-0.4, -0.2) is 66.6 Å². The largest absolute Gasteiger partial charge is 0.456 e. The molecule has 0 saturated heterocycles. The molecule has 0 bridgehead atoms. The molecule has 1 unspecified atom stereocenters. The van der Waals surface area contributed by atoms with E-state index in [1.54, 1.807) is 28.2 Å². The highest BCUT2D eigenvalue weighted by molar-refractivity contribution is 6.01. The summed E-state index contributed by atoms with van der Waals surface area (Å²) >= 11 is 0. The molecule has 9 nitrogen and oxygen atoms in total. The summed E-state index contributed by atoms with van der Waals surface area (Å²) in [4.78, 5) is 23.9. The minimum Gasteiger partial charge on any atom is -0.456 e. The van der Waals surface area contributed by atoms with Gasteiger partial charge in [0.05, 0.1) is 41.2 Å². The minimum atomic E-state index is -1.55. The number of hydrogen-bond donors (Lipinski definition) is 1. The Labute approximate surface area is 241 Å². The van der Waals surface area contributed by atoms with Crippen LogP contribution in [0.15, 0.2) is 55.1 Å². The molecule has 1 fully saturated rings. The summed E-state index contributed by atoms with van der Waals surface area (Å²) in [5.41, 5.74) is 10.7. The van der Waals surface area contributed by atoms with E-state index in [9.17, 15) is 9.18 Å². The van der Waals surface area contributed by atoms with Crippen LogP contribution in [-0.2, 0) is 26.6 Å². The van der Waals surface area contributed by atoms with Gasteiger partial charge in [0.1, 0.15) is 12.4 Å². The fraction of sp³-hybridized carbons (Fsp3) is 0.387. The quantitative estimate of drug-likeness (QED) is 0.266. The maximum absolute atomic E-state index is 15.1. The molecule has 2 atom stereocenters. The second-order valence-electron chi connectivity index (χ2n) is 11.5. The number of amides is 1. The predicted octanol–water partition coefficient (Wildman–Crippen LogP) is 4.47. The van der Waals surface area contributed by atoms with Crippen LogP contribution < -0.4 is 10.5 Å². The molecule has 0 spiro atoms. The standard InChI is InChI=1S/C31H33F2N7O2/c1-37-25-11-20-7-9-39(16-22(34)14-32)31(41)23(20)13-24(25)36-30(37)26-12-21-3-2-4-27(29(21)40(26)15-19-5-6-19)42-28(33)17-38-10-8-35-18-38/h2-4,8,10-13,18-19,22,28H,5-7,9,14-17,34H2,1H3/t22?,28-/m0/s1. The summed E-state index contributed by atoms with van der Waals surface area (Å²) in [7, 11) is 1.98. The first-order chi connectivity index (χ1) is 20.4. The van der Waals surface area contributed by atoms with E-state index in [-0.39, 0.29) is 19.0 Å². The SMILES string of the molecule is Cn1c(-c2cc3cccc(O[C@H](F)Cn4ccnc4)c3n2CC2CC2)nc2cc3c(cc21)CCN(CC(N)CF)C3=O. The fourth-order valence-corrected chi connectivity index (χ4v) is 6.00. The number of fused-ring (bicyclic) bond motifs is 3. The van der Waals surface area contributed by atoms with Crippen LogP contribution in [0.5, 0.6) is 5.75 Å².